The highest BCUT2D eigenvalue weighted by atomic mass is 35.5. The molecule has 0 aliphatic carbocycles. The summed E-state index contributed by atoms with van der Waals surface area (Å²) < 4.78 is 5.04. The number of alkyl halides is 1. The standard InChI is InChI=1S/C6H9ClO2/c7-5-1-2-9-6(3-5)4-8/h4-6H,1-3H2. The first kappa shape index (κ1) is 7.03. The van der Waals surface area contributed by atoms with Crippen LogP contribution in [0.5, 0.6) is 0 Å². The van der Waals surface area contributed by atoms with Crippen LogP contribution in [0.3, 0.4) is 0 Å². The van der Waals surface area contributed by atoms with Gasteiger partial charge in [-0.25, -0.2) is 0 Å². The van der Waals surface area contributed by atoms with E-state index in [-0.39, 0.29) is 11.5 Å². The number of hydrogen-bond acceptors (Lipinski definition) is 2. The molecule has 1 fully saturated rings. The normalized spacial score (nSPS) is 36.1. The molecule has 0 bridgehead atoms. The van der Waals surface area contributed by atoms with E-state index in [0.29, 0.717) is 13.0 Å². The van der Waals surface area contributed by atoms with Crippen LogP contribution in [-0.4, -0.2) is 24.4 Å². The van der Waals surface area contributed by atoms with Gasteiger partial charge in [0, 0.05) is 12.0 Å². The Bertz CT molecular complexity index is 105. The first-order valence-corrected chi connectivity index (χ1v) is 3.47. The van der Waals surface area contributed by atoms with E-state index < -0.39 is 0 Å². The molecular weight excluding hydrogens is 140 g/mol. The molecule has 1 heterocycles. The Hall–Kier alpha value is -0.0800. The molecule has 0 N–H and O–H groups in total. The van der Waals surface area contributed by atoms with Gasteiger partial charge in [0.15, 0.2) is 0 Å². The maximum absolute atomic E-state index is 10.1. The zero-order valence-corrected chi connectivity index (χ0v) is 5.80. The van der Waals surface area contributed by atoms with Crippen molar-refractivity contribution in [2.75, 3.05) is 6.61 Å². The van der Waals surface area contributed by atoms with Crippen molar-refractivity contribution in [1.82, 2.24) is 0 Å². The van der Waals surface area contributed by atoms with Gasteiger partial charge in [-0.05, 0) is 12.8 Å². The van der Waals surface area contributed by atoms with Crippen molar-refractivity contribution in [3.05, 3.63) is 0 Å². The van der Waals surface area contributed by atoms with Gasteiger partial charge in [-0.2, -0.15) is 0 Å². The SMILES string of the molecule is O=CC1CC(Cl)CCO1. The fourth-order valence-corrected chi connectivity index (χ4v) is 1.14. The molecule has 0 radical (unpaired) electrons. The Kier molecular flexibility index (Phi) is 2.49. The van der Waals surface area contributed by atoms with E-state index in [1.54, 1.807) is 0 Å². The summed E-state index contributed by atoms with van der Waals surface area (Å²) in [7, 11) is 0. The second-order valence-electron chi connectivity index (χ2n) is 2.17. The van der Waals surface area contributed by atoms with Gasteiger partial charge in [0.25, 0.3) is 0 Å². The maximum atomic E-state index is 10.1. The number of carbonyl (C=O) groups is 1. The summed E-state index contributed by atoms with van der Waals surface area (Å²) in [6.07, 6.45) is 2.10. The Morgan fingerprint density at radius 3 is 2.89 bits per heavy atom. The Morgan fingerprint density at radius 2 is 2.44 bits per heavy atom. The van der Waals surface area contributed by atoms with Crippen LogP contribution in [0, 0.1) is 0 Å². The molecule has 1 aliphatic rings. The molecule has 1 rings (SSSR count). The lowest BCUT2D eigenvalue weighted by Crippen LogP contribution is -2.26. The van der Waals surface area contributed by atoms with Crippen LogP contribution in [0.1, 0.15) is 12.8 Å². The molecule has 52 valence electrons. The molecule has 0 saturated carbocycles. The fourth-order valence-electron chi connectivity index (χ4n) is 0.880. The first-order chi connectivity index (χ1) is 4.33. The van der Waals surface area contributed by atoms with Crippen LogP contribution in [-0.2, 0) is 9.53 Å². The fraction of sp³-hybridized carbons (Fsp3) is 0.833. The average molecular weight is 149 g/mol. The van der Waals surface area contributed by atoms with Crippen molar-refractivity contribution in [3.63, 3.8) is 0 Å². The van der Waals surface area contributed by atoms with E-state index in [1.165, 1.54) is 0 Å². The van der Waals surface area contributed by atoms with Crippen LogP contribution >= 0.6 is 11.6 Å². The summed E-state index contributed by atoms with van der Waals surface area (Å²) in [5.74, 6) is 0. The summed E-state index contributed by atoms with van der Waals surface area (Å²) in [6, 6.07) is 0. The number of hydrogen-bond donors (Lipinski definition) is 0. The third kappa shape index (κ3) is 1.95. The molecule has 0 aromatic carbocycles. The number of rotatable bonds is 1. The predicted octanol–water partition coefficient (Wildman–Crippen LogP) is 0.972. The van der Waals surface area contributed by atoms with Crippen molar-refractivity contribution in [2.45, 2.75) is 24.3 Å². The molecule has 9 heavy (non-hydrogen) atoms. The van der Waals surface area contributed by atoms with Gasteiger partial charge in [-0.15, -0.1) is 11.6 Å². The van der Waals surface area contributed by atoms with Gasteiger partial charge in [-0.3, -0.25) is 0 Å². The summed E-state index contributed by atoms with van der Waals surface area (Å²) in [4.78, 5) is 10.1. The topological polar surface area (TPSA) is 26.3 Å². The average Bonchev–Trinajstić information content (AvgIpc) is 1.88. The molecule has 1 saturated heterocycles. The second-order valence-corrected chi connectivity index (χ2v) is 2.78. The second kappa shape index (κ2) is 3.18. The predicted molar refractivity (Wildman–Crippen MR) is 34.7 cm³/mol. The van der Waals surface area contributed by atoms with Gasteiger partial charge < -0.3 is 9.53 Å². The molecule has 1 aliphatic heterocycles. The first-order valence-electron chi connectivity index (χ1n) is 3.04. The van der Waals surface area contributed by atoms with Gasteiger partial charge >= 0.3 is 0 Å². The monoisotopic (exact) mass is 148 g/mol. The van der Waals surface area contributed by atoms with Crippen molar-refractivity contribution in [2.24, 2.45) is 0 Å². The summed E-state index contributed by atoms with van der Waals surface area (Å²) in [5.41, 5.74) is 0. The molecule has 0 aromatic heterocycles. The highest BCUT2D eigenvalue weighted by molar-refractivity contribution is 6.20. The molecule has 3 heteroatoms. The molecule has 2 unspecified atom stereocenters. The van der Waals surface area contributed by atoms with E-state index in [4.69, 9.17) is 16.3 Å². The molecule has 0 aromatic rings. The lowest BCUT2D eigenvalue weighted by atomic mass is 10.1. The van der Waals surface area contributed by atoms with Crippen LogP contribution in [0.25, 0.3) is 0 Å². The van der Waals surface area contributed by atoms with Gasteiger partial charge in [0.2, 0.25) is 0 Å². The lowest BCUT2D eigenvalue weighted by molar-refractivity contribution is -0.120. The van der Waals surface area contributed by atoms with Crippen molar-refractivity contribution < 1.29 is 9.53 Å². The van der Waals surface area contributed by atoms with Gasteiger partial charge in [0.05, 0.1) is 0 Å². The molecule has 2 nitrogen and oxygen atoms in total. The molecule has 0 spiro atoms. The third-order valence-electron chi connectivity index (χ3n) is 1.40. The summed E-state index contributed by atoms with van der Waals surface area (Å²) in [5, 5.41) is 0.133. The van der Waals surface area contributed by atoms with E-state index in [0.717, 1.165) is 12.7 Å². The lowest BCUT2D eigenvalue weighted by Gasteiger charge is -2.21. The van der Waals surface area contributed by atoms with Gasteiger partial charge in [-0.1, -0.05) is 0 Å². The zero-order valence-electron chi connectivity index (χ0n) is 5.05. The van der Waals surface area contributed by atoms with E-state index in [2.05, 4.69) is 0 Å². The van der Waals surface area contributed by atoms with Crippen molar-refractivity contribution >= 4 is 17.9 Å². The van der Waals surface area contributed by atoms with Crippen LogP contribution in [0.2, 0.25) is 0 Å². The van der Waals surface area contributed by atoms with E-state index in [1.807, 2.05) is 0 Å². The van der Waals surface area contributed by atoms with Crippen LogP contribution < -0.4 is 0 Å². The van der Waals surface area contributed by atoms with Crippen LogP contribution in [0.15, 0.2) is 0 Å². The van der Waals surface area contributed by atoms with E-state index >= 15 is 0 Å². The van der Waals surface area contributed by atoms with Gasteiger partial charge in [0.1, 0.15) is 12.4 Å². The Morgan fingerprint density at radius 1 is 1.67 bits per heavy atom. The molecule has 0 amide bonds. The zero-order chi connectivity index (χ0) is 6.69. The van der Waals surface area contributed by atoms with Crippen molar-refractivity contribution in [1.29, 1.82) is 0 Å². The highest BCUT2D eigenvalue weighted by Crippen LogP contribution is 2.16. The third-order valence-corrected chi connectivity index (χ3v) is 1.80. The maximum Gasteiger partial charge on any atom is 0.148 e. The number of aldehydes is 1. The number of ether oxygens (including phenoxy) is 1. The smallest absolute Gasteiger partial charge is 0.148 e. The molecular formula is C6H9ClO2. The minimum absolute atomic E-state index is 0.133. The Balaban J connectivity index is 2.31. The number of carbonyl (C=O) groups excluding carboxylic acids is 1. The highest BCUT2D eigenvalue weighted by Gasteiger charge is 2.19. The van der Waals surface area contributed by atoms with Crippen molar-refractivity contribution in [3.8, 4) is 0 Å². The Labute approximate surface area is 59.1 Å². The summed E-state index contributed by atoms with van der Waals surface area (Å²) >= 11 is 5.75. The summed E-state index contributed by atoms with van der Waals surface area (Å²) in [6.45, 7) is 0.623. The molecule has 2 atom stereocenters. The van der Waals surface area contributed by atoms with E-state index in [9.17, 15) is 4.79 Å². The number of halogens is 1. The minimum atomic E-state index is -0.249. The minimum Gasteiger partial charge on any atom is -0.371 e. The van der Waals surface area contributed by atoms with Crippen LogP contribution in [0.4, 0.5) is 0 Å². The quantitative estimate of drug-likeness (QED) is 0.409. The largest absolute Gasteiger partial charge is 0.371 e.